The van der Waals surface area contributed by atoms with Gasteiger partial charge in [0.1, 0.15) is 11.4 Å². The molecule has 1 heterocycles. The third-order valence-electron chi connectivity index (χ3n) is 4.85. The molecule has 0 atom stereocenters. The Morgan fingerprint density at radius 1 is 0.897 bits per heavy atom. The molecule has 0 N–H and O–H groups in total. The summed E-state index contributed by atoms with van der Waals surface area (Å²) in [6, 6.07) is 17.4. The fraction of sp³-hybridized carbons (Fsp3) is 0.333. The molecule has 2 aromatic rings. The van der Waals surface area contributed by atoms with E-state index >= 15 is 0 Å². The standard InChI is InChI=1S/C24H28N2O3/c1-4-15-26-23(27)21(19-11-13-20(14-12-19)29-16-5-2)22(24(26)28)25(3)17-18-9-7-6-8-10-18/h6-14H,4-5,15-17H2,1-3H3. The Morgan fingerprint density at radius 3 is 2.21 bits per heavy atom. The number of carbonyl (C=O) groups is 2. The molecule has 5 nitrogen and oxygen atoms in total. The number of benzene rings is 2. The number of imide groups is 1. The average molecular weight is 392 g/mol. The zero-order valence-electron chi connectivity index (χ0n) is 17.4. The van der Waals surface area contributed by atoms with E-state index in [1.807, 2.05) is 73.5 Å². The van der Waals surface area contributed by atoms with Gasteiger partial charge < -0.3 is 9.64 Å². The van der Waals surface area contributed by atoms with Gasteiger partial charge in [-0.1, -0.05) is 56.3 Å². The average Bonchev–Trinajstić information content (AvgIpc) is 2.98. The van der Waals surface area contributed by atoms with Gasteiger partial charge in [0.25, 0.3) is 11.8 Å². The van der Waals surface area contributed by atoms with Crippen molar-refractivity contribution >= 4 is 17.4 Å². The van der Waals surface area contributed by atoms with Gasteiger partial charge >= 0.3 is 0 Å². The molecule has 0 saturated carbocycles. The van der Waals surface area contributed by atoms with Crippen molar-refractivity contribution in [2.45, 2.75) is 33.2 Å². The number of rotatable bonds is 9. The number of nitrogens with zero attached hydrogens (tertiary/aromatic N) is 2. The monoisotopic (exact) mass is 392 g/mol. The predicted molar refractivity (Wildman–Crippen MR) is 114 cm³/mol. The molecule has 152 valence electrons. The minimum atomic E-state index is -0.228. The van der Waals surface area contributed by atoms with Gasteiger partial charge in [-0.25, -0.2) is 0 Å². The van der Waals surface area contributed by atoms with Gasteiger partial charge in [-0.3, -0.25) is 14.5 Å². The molecule has 0 aliphatic carbocycles. The van der Waals surface area contributed by atoms with Crippen LogP contribution in [-0.2, 0) is 16.1 Å². The molecule has 2 aromatic carbocycles. The molecule has 5 heteroatoms. The third kappa shape index (κ3) is 4.50. The molecule has 0 aromatic heterocycles. The summed E-state index contributed by atoms with van der Waals surface area (Å²) in [5.74, 6) is 0.308. The van der Waals surface area contributed by atoms with Crippen LogP contribution in [0.1, 0.15) is 37.8 Å². The third-order valence-corrected chi connectivity index (χ3v) is 4.85. The molecule has 3 rings (SSSR count). The van der Waals surface area contributed by atoms with E-state index in [0.29, 0.717) is 31.0 Å². The van der Waals surface area contributed by atoms with Gasteiger partial charge in [-0.2, -0.15) is 0 Å². The van der Waals surface area contributed by atoms with Gasteiger partial charge in [0.15, 0.2) is 0 Å². The maximum Gasteiger partial charge on any atom is 0.277 e. The fourth-order valence-electron chi connectivity index (χ4n) is 3.48. The van der Waals surface area contributed by atoms with Crippen LogP contribution in [0.4, 0.5) is 0 Å². The minimum absolute atomic E-state index is 0.225. The van der Waals surface area contributed by atoms with Gasteiger partial charge in [-0.15, -0.1) is 0 Å². The Bertz CT molecular complexity index is 888. The summed E-state index contributed by atoms with van der Waals surface area (Å²) < 4.78 is 5.64. The van der Waals surface area contributed by atoms with Crippen molar-refractivity contribution in [1.29, 1.82) is 0 Å². The molecule has 0 spiro atoms. The van der Waals surface area contributed by atoms with E-state index in [-0.39, 0.29) is 11.8 Å². The Hall–Kier alpha value is -3.08. The highest BCUT2D eigenvalue weighted by Gasteiger charge is 2.40. The molecule has 0 fully saturated rings. The molecule has 1 aliphatic rings. The number of likely N-dealkylation sites (N-methyl/N-ethyl adjacent to an activating group) is 1. The second kappa shape index (κ2) is 9.41. The van der Waals surface area contributed by atoms with Gasteiger partial charge in [-0.05, 0) is 36.1 Å². The molecule has 2 amide bonds. The van der Waals surface area contributed by atoms with Crippen molar-refractivity contribution in [3.8, 4) is 5.75 Å². The van der Waals surface area contributed by atoms with E-state index in [1.165, 1.54) is 4.90 Å². The molecular weight excluding hydrogens is 364 g/mol. The lowest BCUT2D eigenvalue weighted by Gasteiger charge is -2.21. The molecule has 0 radical (unpaired) electrons. The highest BCUT2D eigenvalue weighted by atomic mass is 16.5. The van der Waals surface area contributed by atoms with Crippen molar-refractivity contribution in [2.75, 3.05) is 20.2 Å². The zero-order valence-corrected chi connectivity index (χ0v) is 17.4. The summed E-state index contributed by atoms with van der Waals surface area (Å²) >= 11 is 0. The Morgan fingerprint density at radius 2 is 1.59 bits per heavy atom. The predicted octanol–water partition coefficient (Wildman–Crippen LogP) is 4.10. The van der Waals surface area contributed by atoms with Crippen LogP contribution in [-0.4, -0.2) is 41.8 Å². The highest BCUT2D eigenvalue weighted by Crippen LogP contribution is 2.32. The summed E-state index contributed by atoms with van der Waals surface area (Å²) in [4.78, 5) is 29.5. The van der Waals surface area contributed by atoms with Crippen LogP contribution in [0.2, 0.25) is 0 Å². The summed E-state index contributed by atoms with van der Waals surface area (Å²) in [6.07, 6.45) is 1.66. The molecular formula is C24H28N2O3. The summed E-state index contributed by atoms with van der Waals surface area (Å²) in [5, 5.41) is 0. The van der Waals surface area contributed by atoms with E-state index in [2.05, 4.69) is 6.92 Å². The van der Waals surface area contributed by atoms with Crippen molar-refractivity contribution in [3.63, 3.8) is 0 Å². The van der Waals surface area contributed by atoms with Crippen LogP contribution in [0, 0.1) is 0 Å². The SMILES string of the molecule is CCCOc1ccc(C2=C(N(C)Cc3ccccc3)C(=O)N(CCC)C2=O)cc1. The summed E-state index contributed by atoms with van der Waals surface area (Å²) in [6.45, 7) is 5.64. The topological polar surface area (TPSA) is 49.9 Å². The van der Waals surface area contributed by atoms with Gasteiger partial charge in [0.2, 0.25) is 0 Å². The number of carbonyl (C=O) groups excluding carboxylic acids is 2. The maximum absolute atomic E-state index is 13.1. The first kappa shape index (κ1) is 20.6. The first-order valence-corrected chi connectivity index (χ1v) is 10.2. The Balaban J connectivity index is 1.96. The second-order valence-electron chi connectivity index (χ2n) is 7.20. The van der Waals surface area contributed by atoms with Crippen LogP contribution in [0.3, 0.4) is 0 Å². The lowest BCUT2D eigenvalue weighted by atomic mass is 10.0. The molecule has 0 saturated heterocycles. The second-order valence-corrected chi connectivity index (χ2v) is 7.20. The normalized spacial score (nSPS) is 14.0. The van der Waals surface area contributed by atoms with Crippen LogP contribution in [0.15, 0.2) is 60.3 Å². The summed E-state index contributed by atoms with van der Waals surface area (Å²) in [5.41, 5.74) is 2.73. The molecule has 0 bridgehead atoms. The zero-order chi connectivity index (χ0) is 20.8. The number of ether oxygens (including phenoxy) is 1. The first-order valence-electron chi connectivity index (χ1n) is 10.2. The van der Waals surface area contributed by atoms with Crippen molar-refractivity contribution in [2.24, 2.45) is 0 Å². The molecule has 1 aliphatic heterocycles. The van der Waals surface area contributed by atoms with E-state index in [9.17, 15) is 9.59 Å². The maximum atomic E-state index is 13.1. The van der Waals surface area contributed by atoms with Crippen LogP contribution in [0.25, 0.3) is 5.57 Å². The lowest BCUT2D eigenvalue weighted by molar-refractivity contribution is -0.137. The van der Waals surface area contributed by atoms with E-state index in [0.717, 1.165) is 29.7 Å². The van der Waals surface area contributed by atoms with Crippen LogP contribution >= 0.6 is 0 Å². The summed E-state index contributed by atoms with van der Waals surface area (Å²) in [7, 11) is 1.86. The van der Waals surface area contributed by atoms with Crippen molar-refractivity contribution < 1.29 is 14.3 Å². The largest absolute Gasteiger partial charge is 0.494 e. The molecule has 29 heavy (non-hydrogen) atoms. The van der Waals surface area contributed by atoms with Gasteiger partial charge in [0.05, 0.1) is 12.2 Å². The first-order chi connectivity index (χ1) is 14.1. The van der Waals surface area contributed by atoms with Gasteiger partial charge in [0, 0.05) is 20.1 Å². The van der Waals surface area contributed by atoms with E-state index < -0.39 is 0 Å². The molecule has 0 unspecified atom stereocenters. The quantitative estimate of drug-likeness (QED) is 0.603. The van der Waals surface area contributed by atoms with Crippen LogP contribution < -0.4 is 4.74 Å². The Kier molecular flexibility index (Phi) is 6.70. The van der Waals surface area contributed by atoms with Crippen molar-refractivity contribution in [1.82, 2.24) is 9.80 Å². The van der Waals surface area contributed by atoms with E-state index in [1.54, 1.807) is 0 Å². The van der Waals surface area contributed by atoms with Crippen LogP contribution in [0.5, 0.6) is 5.75 Å². The van der Waals surface area contributed by atoms with Crippen molar-refractivity contribution in [3.05, 3.63) is 71.4 Å². The van der Waals surface area contributed by atoms with E-state index in [4.69, 9.17) is 4.74 Å². The number of hydrogen-bond donors (Lipinski definition) is 0. The smallest absolute Gasteiger partial charge is 0.277 e. The highest BCUT2D eigenvalue weighted by molar-refractivity contribution is 6.35. The Labute approximate surface area is 172 Å². The fourth-order valence-corrected chi connectivity index (χ4v) is 3.48. The minimum Gasteiger partial charge on any atom is -0.494 e. The lowest BCUT2D eigenvalue weighted by Crippen LogP contribution is -2.34. The number of amides is 2. The number of hydrogen-bond acceptors (Lipinski definition) is 4.